The summed E-state index contributed by atoms with van der Waals surface area (Å²) in [5.41, 5.74) is 3.43. The predicted molar refractivity (Wildman–Crippen MR) is 158 cm³/mol. The first kappa shape index (κ1) is 27.0. The highest BCUT2D eigenvalue weighted by Gasteiger charge is 2.27. The van der Waals surface area contributed by atoms with E-state index in [0.717, 1.165) is 35.4 Å². The summed E-state index contributed by atoms with van der Waals surface area (Å²) in [5, 5.41) is 13.8. The van der Waals surface area contributed by atoms with Gasteiger partial charge in [0.15, 0.2) is 28.8 Å². The molecule has 0 aliphatic carbocycles. The summed E-state index contributed by atoms with van der Waals surface area (Å²) < 4.78 is 24.6. The topological polar surface area (TPSA) is 117 Å². The summed E-state index contributed by atoms with van der Waals surface area (Å²) in [6.45, 7) is 4.86. The molecule has 4 heterocycles. The number of ether oxygens (including phenoxy) is 4. The van der Waals surface area contributed by atoms with Gasteiger partial charge < -0.3 is 23.9 Å². The maximum atomic E-state index is 13.4. The number of nitrogens with zero attached hydrogens (tertiary/aromatic N) is 5. The van der Waals surface area contributed by atoms with Crippen molar-refractivity contribution in [3.63, 3.8) is 0 Å². The van der Waals surface area contributed by atoms with E-state index in [1.54, 1.807) is 0 Å². The van der Waals surface area contributed by atoms with Crippen molar-refractivity contribution >= 4 is 10.9 Å². The first-order valence-electron chi connectivity index (χ1n) is 14.5. The van der Waals surface area contributed by atoms with Gasteiger partial charge in [0.1, 0.15) is 13.2 Å². The number of hydrogen-bond donors (Lipinski definition) is 1. The highest BCUT2D eigenvalue weighted by Crippen LogP contribution is 2.36. The number of rotatable bonds is 10. The molecule has 1 atom stereocenters. The van der Waals surface area contributed by atoms with Crippen LogP contribution in [0, 0.1) is 0 Å². The molecule has 7 rings (SSSR count). The number of aromatic amines is 1. The summed E-state index contributed by atoms with van der Waals surface area (Å²) in [7, 11) is 0. The number of hydrogen-bond acceptors (Lipinski definition) is 9. The fourth-order valence-electron chi connectivity index (χ4n) is 5.77. The Labute approximate surface area is 248 Å². The van der Waals surface area contributed by atoms with Crippen LogP contribution in [-0.4, -0.2) is 50.1 Å². The summed E-state index contributed by atoms with van der Waals surface area (Å²) >= 11 is 0. The van der Waals surface area contributed by atoms with Gasteiger partial charge >= 0.3 is 0 Å². The molecule has 5 aromatic rings. The van der Waals surface area contributed by atoms with Crippen molar-refractivity contribution in [1.29, 1.82) is 0 Å². The molecule has 0 fully saturated rings. The van der Waals surface area contributed by atoms with Crippen LogP contribution in [0.4, 0.5) is 0 Å². The predicted octanol–water partition coefficient (Wildman–Crippen LogP) is 4.41. The van der Waals surface area contributed by atoms with Crippen molar-refractivity contribution in [3.05, 3.63) is 99.6 Å². The van der Waals surface area contributed by atoms with Crippen molar-refractivity contribution < 1.29 is 18.9 Å². The van der Waals surface area contributed by atoms with Crippen molar-refractivity contribution in [1.82, 2.24) is 30.1 Å². The van der Waals surface area contributed by atoms with Crippen LogP contribution in [0.5, 0.6) is 23.0 Å². The van der Waals surface area contributed by atoms with E-state index in [9.17, 15) is 4.79 Å². The van der Waals surface area contributed by atoms with E-state index in [-0.39, 0.29) is 18.4 Å². The van der Waals surface area contributed by atoms with Crippen LogP contribution in [0.1, 0.15) is 41.9 Å². The molecule has 11 nitrogen and oxygen atoms in total. The maximum absolute atomic E-state index is 13.4. The summed E-state index contributed by atoms with van der Waals surface area (Å²) in [4.78, 5) is 18.7. The SMILES string of the molecule is CC[C@H](c1nnnn1CCc1ccccc1)N(Cc1ccc2c(c1)OCO2)Cc1cc2cc3c(cc2[nH]c1=O)OCCO3. The highest BCUT2D eigenvalue weighted by atomic mass is 16.7. The average molecular weight is 581 g/mol. The number of fused-ring (bicyclic) bond motifs is 3. The van der Waals surface area contributed by atoms with Gasteiger partial charge in [0.05, 0.1) is 11.6 Å². The zero-order valence-electron chi connectivity index (χ0n) is 23.9. The number of pyridine rings is 1. The molecule has 2 aliphatic heterocycles. The second-order valence-electron chi connectivity index (χ2n) is 10.7. The van der Waals surface area contributed by atoms with Crippen LogP contribution in [0.25, 0.3) is 10.9 Å². The molecule has 0 bridgehead atoms. The zero-order chi connectivity index (χ0) is 29.2. The van der Waals surface area contributed by atoms with Gasteiger partial charge in [0.25, 0.3) is 5.56 Å². The minimum Gasteiger partial charge on any atom is -0.486 e. The van der Waals surface area contributed by atoms with Gasteiger partial charge in [0.2, 0.25) is 6.79 Å². The van der Waals surface area contributed by atoms with Crippen LogP contribution >= 0.6 is 0 Å². The molecule has 0 unspecified atom stereocenters. The molecule has 2 aromatic heterocycles. The van der Waals surface area contributed by atoms with E-state index in [1.807, 2.05) is 59.3 Å². The Morgan fingerprint density at radius 2 is 1.67 bits per heavy atom. The van der Waals surface area contributed by atoms with Crippen LogP contribution in [-0.2, 0) is 26.1 Å². The van der Waals surface area contributed by atoms with Crippen LogP contribution < -0.4 is 24.5 Å². The maximum Gasteiger partial charge on any atom is 0.252 e. The van der Waals surface area contributed by atoms with Gasteiger partial charge in [-0.15, -0.1) is 5.10 Å². The van der Waals surface area contributed by atoms with Crippen LogP contribution in [0.3, 0.4) is 0 Å². The Kier molecular flexibility index (Phi) is 7.38. The Bertz CT molecular complexity index is 1800. The van der Waals surface area contributed by atoms with E-state index in [1.165, 1.54) is 5.56 Å². The first-order chi connectivity index (χ1) is 21.1. The fraction of sp³-hybridized carbons (Fsp3) is 0.312. The fourth-order valence-corrected chi connectivity index (χ4v) is 5.77. The molecule has 43 heavy (non-hydrogen) atoms. The van der Waals surface area contributed by atoms with Crippen molar-refractivity contribution in [2.24, 2.45) is 0 Å². The van der Waals surface area contributed by atoms with Crippen molar-refractivity contribution in [2.45, 2.75) is 45.4 Å². The molecule has 11 heteroatoms. The summed E-state index contributed by atoms with van der Waals surface area (Å²) in [5.74, 6) is 3.52. The molecule has 3 aromatic carbocycles. The van der Waals surface area contributed by atoms with Crippen molar-refractivity contribution in [3.8, 4) is 23.0 Å². The van der Waals surface area contributed by atoms with Gasteiger partial charge in [0, 0.05) is 36.7 Å². The number of benzene rings is 3. The molecular formula is C32H32N6O5. The third-order valence-corrected chi connectivity index (χ3v) is 7.92. The van der Waals surface area contributed by atoms with Crippen molar-refractivity contribution in [2.75, 3.05) is 20.0 Å². The first-order valence-corrected chi connectivity index (χ1v) is 14.5. The van der Waals surface area contributed by atoms with Crippen LogP contribution in [0.2, 0.25) is 0 Å². The number of H-pyrrole nitrogens is 1. The highest BCUT2D eigenvalue weighted by molar-refractivity contribution is 5.83. The Morgan fingerprint density at radius 1 is 0.884 bits per heavy atom. The van der Waals surface area contributed by atoms with E-state index in [0.29, 0.717) is 61.2 Å². The Balaban J connectivity index is 1.23. The lowest BCUT2D eigenvalue weighted by Crippen LogP contribution is -2.32. The van der Waals surface area contributed by atoms with Gasteiger partial charge in [-0.1, -0.05) is 43.3 Å². The molecular weight excluding hydrogens is 548 g/mol. The van der Waals surface area contributed by atoms with E-state index >= 15 is 0 Å². The average Bonchev–Trinajstić information content (AvgIpc) is 3.70. The van der Waals surface area contributed by atoms with Gasteiger partial charge in [-0.25, -0.2) is 4.68 Å². The number of aryl methyl sites for hydroxylation is 2. The number of aromatic nitrogens is 5. The minimum atomic E-state index is -0.161. The number of nitrogens with one attached hydrogen (secondary N) is 1. The lowest BCUT2D eigenvalue weighted by molar-refractivity contribution is 0.160. The van der Waals surface area contributed by atoms with E-state index in [4.69, 9.17) is 18.9 Å². The largest absolute Gasteiger partial charge is 0.486 e. The molecule has 0 spiro atoms. The van der Waals surface area contributed by atoms with Gasteiger partial charge in [-0.2, -0.15) is 0 Å². The lowest BCUT2D eigenvalue weighted by Gasteiger charge is -2.30. The third-order valence-electron chi connectivity index (χ3n) is 7.92. The quantitative estimate of drug-likeness (QED) is 0.256. The Morgan fingerprint density at radius 3 is 2.51 bits per heavy atom. The molecule has 2 aliphatic rings. The molecule has 0 saturated carbocycles. The second kappa shape index (κ2) is 11.8. The Hall–Kier alpha value is -4.90. The summed E-state index contributed by atoms with van der Waals surface area (Å²) in [6.07, 6.45) is 1.54. The molecule has 0 radical (unpaired) electrons. The minimum absolute atomic E-state index is 0.154. The van der Waals surface area contributed by atoms with Crippen LogP contribution in [0.15, 0.2) is 71.5 Å². The van der Waals surface area contributed by atoms with E-state index in [2.05, 4.69) is 44.5 Å². The molecule has 0 saturated heterocycles. The second-order valence-corrected chi connectivity index (χ2v) is 10.7. The van der Waals surface area contributed by atoms with Gasteiger partial charge in [-0.3, -0.25) is 9.69 Å². The lowest BCUT2D eigenvalue weighted by atomic mass is 10.1. The van der Waals surface area contributed by atoms with Gasteiger partial charge in [-0.05, 0) is 58.7 Å². The smallest absolute Gasteiger partial charge is 0.252 e. The normalized spacial score (nSPS) is 14.4. The zero-order valence-corrected chi connectivity index (χ0v) is 23.9. The van der Waals surface area contributed by atoms with E-state index < -0.39 is 0 Å². The monoisotopic (exact) mass is 580 g/mol. The number of tetrazole rings is 1. The standard InChI is InChI=1S/C32H32N6O5/c1-2-26(31-34-35-36-38(31)11-10-21-6-4-3-5-7-21)37(18-22-8-9-27-28(14-22)43-20-42-27)19-24-15-23-16-29-30(41-13-12-40-29)17-25(23)33-32(24)39/h3-9,14-17,26H,2,10-13,18-20H2,1H3,(H,33,39)/t26-/m1/s1. The molecule has 0 amide bonds. The molecule has 220 valence electrons. The third kappa shape index (κ3) is 5.63. The molecule has 1 N–H and O–H groups in total. The summed E-state index contributed by atoms with van der Waals surface area (Å²) in [6, 6.07) is 21.8.